The Labute approximate surface area is 135 Å². The van der Waals surface area contributed by atoms with E-state index in [9.17, 15) is 9.59 Å². The summed E-state index contributed by atoms with van der Waals surface area (Å²) in [5, 5.41) is 5.49. The summed E-state index contributed by atoms with van der Waals surface area (Å²) in [6.07, 6.45) is 0.377. The molecule has 0 radical (unpaired) electrons. The molecule has 0 saturated carbocycles. The van der Waals surface area contributed by atoms with E-state index in [2.05, 4.69) is 10.3 Å². The predicted molar refractivity (Wildman–Crippen MR) is 87.5 cm³/mol. The molecule has 0 bridgehead atoms. The van der Waals surface area contributed by atoms with Gasteiger partial charge in [-0.3, -0.25) is 9.59 Å². The standard InChI is InChI=1S/C14H13ClN2O2S2/c1-9(18)12-8-21-14(16-12)17-13(19)6-7-20-11-4-2-10(15)3-5-11/h2-5,8H,6-7H2,1H3,(H,16,17,19). The number of benzene rings is 1. The number of carbonyl (C=O) groups is 2. The average Bonchev–Trinajstić information content (AvgIpc) is 2.90. The van der Waals surface area contributed by atoms with Crippen LogP contribution in [-0.4, -0.2) is 22.4 Å². The Kier molecular flexibility index (Phi) is 5.78. The summed E-state index contributed by atoms with van der Waals surface area (Å²) in [6.45, 7) is 1.45. The lowest BCUT2D eigenvalue weighted by atomic mass is 10.4. The summed E-state index contributed by atoms with van der Waals surface area (Å²) in [4.78, 5) is 28.0. The quantitative estimate of drug-likeness (QED) is 0.634. The van der Waals surface area contributed by atoms with Gasteiger partial charge in [-0.1, -0.05) is 11.6 Å². The number of thiazole rings is 1. The van der Waals surface area contributed by atoms with Crippen molar-refractivity contribution in [1.82, 2.24) is 4.98 Å². The van der Waals surface area contributed by atoms with Crippen molar-refractivity contribution in [2.24, 2.45) is 0 Å². The van der Waals surface area contributed by atoms with Crippen molar-refractivity contribution in [2.75, 3.05) is 11.1 Å². The number of hydrogen-bond donors (Lipinski definition) is 1. The maximum atomic E-state index is 11.8. The smallest absolute Gasteiger partial charge is 0.226 e. The number of Topliss-reactive ketones (excluding diaryl/α,β-unsaturated/α-hetero) is 1. The minimum atomic E-state index is -0.110. The summed E-state index contributed by atoms with van der Waals surface area (Å²) in [6, 6.07) is 7.49. The van der Waals surface area contributed by atoms with Gasteiger partial charge in [-0.05, 0) is 24.3 Å². The second kappa shape index (κ2) is 7.59. The molecule has 0 saturated heterocycles. The second-order valence-electron chi connectivity index (χ2n) is 4.19. The zero-order chi connectivity index (χ0) is 15.2. The Morgan fingerprint density at radius 3 is 2.67 bits per heavy atom. The van der Waals surface area contributed by atoms with Gasteiger partial charge in [0.05, 0.1) is 0 Å². The maximum Gasteiger partial charge on any atom is 0.226 e. The van der Waals surface area contributed by atoms with Gasteiger partial charge in [-0.25, -0.2) is 4.98 Å². The number of ketones is 1. The number of thioether (sulfide) groups is 1. The molecule has 1 aromatic heterocycles. The van der Waals surface area contributed by atoms with E-state index in [-0.39, 0.29) is 11.7 Å². The molecular formula is C14H13ClN2O2S2. The highest BCUT2D eigenvalue weighted by atomic mass is 35.5. The Morgan fingerprint density at radius 1 is 1.33 bits per heavy atom. The highest BCUT2D eigenvalue weighted by Crippen LogP contribution is 2.21. The van der Waals surface area contributed by atoms with Gasteiger partial charge in [0.1, 0.15) is 5.69 Å². The zero-order valence-corrected chi connectivity index (χ0v) is 13.6. The molecule has 4 nitrogen and oxygen atoms in total. The van der Waals surface area contributed by atoms with Crippen molar-refractivity contribution < 1.29 is 9.59 Å². The van der Waals surface area contributed by atoms with Gasteiger partial charge in [-0.2, -0.15) is 0 Å². The molecule has 2 rings (SSSR count). The summed E-state index contributed by atoms with van der Waals surface area (Å²) in [7, 11) is 0. The van der Waals surface area contributed by atoms with E-state index in [1.807, 2.05) is 24.3 Å². The normalized spacial score (nSPS) is 10.4. The predicted octanol–water partition coefficient (Wildman–Crippen LogP) is 4.12. The summed E-state index contributed by atoms with van der Waals surface area (Å²) in [5.41, 5.74) is 0.380. The Bertz CT molecular complexity index is 641. The number of hydrogen-bond acceptors (Lipinski definition) is 5. The molecule has 1 amide bonds. The first-order valence-corrected chi connectivity index (χ1v) is 8.43. The van der Waals surface area contributed by atoms with Crippen molar-refractivity contribution in [1.29, 1.82) is 0 Å². The van der Waals surface area contributed by atoms with E-state index < -0.39 is 0 Å². The van der Waals surface area contributed by atoms with Crippen LogP contribution in [-0.2, 0) is 4.79 Å². The molecule has 7 heteroatoms. The number of carbonyl (C=O) groups excluding carboxylic acids is 2. The lowest BCUT2D eigenvalue weighted by molar-refractivity contribution is -0.115. The highest BCUT2D eigenvalue weighted by molar-refractivity contribution is 7.99. The fourth-order valence-corrected chi connectivity index (χ4v) is 3.21. The lowest BCUT2D eigenvalue weighted by Gasteiger charge is -2.02. The molecule has 0 aliphatic carbocycles. The monoisotopic (exact) mass is 340 g/mol. The minimum absolute atomic E-state index is 0.106. The van der Waals surface area contributed by atoms with Crippen molar-refractivity contribution in [2.45, 2.75) is 18.2 Å². The van der Waals surface area contributed by atoms with Crippen LogP contribution < -0.4 is 5.32 Å². The molecule has 0 atom stereocenters. The number of amides is 1. The molecule has 1 heterocycles. The molecule has 2 aromatic rings. The Hall–Kier alpha value is -1.37. The van der Waals surface area contributed by atoms with Crippen LogP contribution in [0, 0.1) is 0 Å². The number of nitrogens with one attached hydrogen (secondary N) is 1. The van der Waals surface area contributed by atoms with Gasteiger partial charge in [0.25, 0.3) is 0 Å². The third kappa shape index (κ3) is 5.15. The molecule has 0 unspecified atom stereocenters. The topological polar surface area (TPSA) is 59.1 Å². The van der Waals surface area contributed by atoms with Crippen molar-refractivity contribution in [3.8, 4) is 0 Å². The van der Waals surface area contributed by atoms with E-state index in [0.717, 1.165) is 4.90 Å². The van der Waals surface area contributed by atoms with Gasteiger partial charge in [0.2, 0.25) is 5.91 Å². The van der Waals surface area contributed by atoms with E-state index in [1.165, 1.54) is 18.3 Å². The molecular weight excluding hydrogens is 328 g/mol. The molecule has 0 spiro atoms. The second-order valence-corrected chi connectivity index (χ2v) is 6.66. The lowest BCUT2D eigenvalue weighted by Crippen LogP contribution is -2.12. The fourth-order valence-electron chi connectivity index (χ4n) is 1.47. The summed E-state index contributed by atoms with van der Waals surface area (Å²) >= 11 is 8.65. The van der Waals surface area contributed by atoms with Crippen molar-refractivity contribution >= 4 is 51.5 Å². The Balaban J connectivity index is 1.76. The van der Waals surface area contributed by atoms with E-state index in [4.69, 9.17) is 11.6 Å². The molecule has 1 aromatic carbocycles. The van der Waals surface area contributed by atoms with Crippen LogP contribution in [0.2, 0.25) is 5.02 Å². The SMILES string of the molecule is CC(=O)c1csc(NC(=O)CCSc2ccc(Cl)cc2)n1. The first-order chi connectivity index (χ1) is 10.0. The molecule has 0 fully saturated rings. The van der Waals surface area contributed by atoms with Crippen LogP contribution in [0.5, 0.6) is 0 Å². The van der Waals surface area contributed by atoms with Crippen LogP contribution in [0.3, 0.4) is 0 Å². The zero-order valence-electron chi connectivity index (χ0n) is 11.3. The molecule has 1 N–H and O–H groups in total. The van der Waals surface area contributed by atoms with Gasteiger partial charge in [-0.15, -0.1) is 23.1 Å². The molecule has 0 aliphatic heterocycles. The number of aromatic nitrogens is 1. The van der Waals surface area contributed by atoms with Crippen molar-refractivity contribution in [3.63, 3.8) is 0 Å². The molecule has 110 valence electrons. The van der Waals surface area contributed by atoms with Crippen molar-refractivity contribution in [3.05, 3.63) is 40.4 Å². The van der Waals surface area contributed by atoms with Gasteiger partial charge >= 0.3 is 0 Å². The van der Waals surface area contributed by atoms with Crippen LogP contribution in [0.1, 0.15) is 23.8 Å². The van der Waals surface area contributed by atoms with E-state index in [0.29, 0.717) is 28.0 Å². The third-order valence-electron chi connectivity index (χ3n) is 2.52. The Morgan fingerprint density at radius 2 is 2.05 bits per heavy atom. The largest absolute Gasteiger partial charge is 0.302 e. The first-order valence-electron chi connectivity index (χ1n) is 6.19. The first kappa shape index (κ1) is 16.0. The number of rotatable bonds is 6. The fraction of sp³-hybridized carbons (Fsp3) is 0.214. The summed E-state index contributed by atoms with van der Waals surface area (Å²) in [5.74, 6) is 0.448. The highest BCUT2D eigenvalue weighted by Gasteiger charge is 2.09. The van der Waals surface area contributed by atoms with Gasteiger partial charge < -0.3 is 5.32 Å². The van der Waals surface area contributed by atoms with Crippen LogP contribution in [0.15, 0.2) is 34.5 Å². The van der Waals surface area contributed by atoms with E-state index >= 15 is 0 Å². The maximum absolute atomic E-state index is 11.8. The average molecular weight is 341 g/mol. The van der Waals surface area contributed by atoms with Crippen LogP contribution >= 0.6 is 34.7 Å². The number of anilines is 1. The van der Waals surface area contributed by atoms with Crippen LogP contribution in [0.25, 0.3) is 0 Å². The third-order valence-corrected chi connectivity index (χ3v) is 4.55. The van der Waals surface area contributed by atoms with Gasteiger partial charge in [0, 0.05) is 34.4 Å². The number of halogens is 1. The van der Waals surface area contributed by atoms with Crippen LogP contribution in [0.4, 0.5) is 5.13 Å². The molecule has 21 heavy (non-hydrogen) atoms. The van der Waals surface area contributed by atoms with Gasteiger partial charge in [0.15, 0.2) is 10.9 Å². The minimum Gasteiger partial charge on any atom is -0.302 e. The number of nitrogens with zero attached hydrogens (tertiary/aromatic N) is 1. The van der Waals surface area contributed by atoms with E-state index in [1.54, 1.807) is 17.1 Å². The summed E-state index contributed by atoms with van der Waals surface area (Å²) < 4.78 is 0. The molecule has 0 aliphatic rings.